The fourth-order valence-electron chi connectivity index (χ4n) is 1.48. The van der Waals surface area contributed by atoms with Crippen molar-refractivity contribution in [1.29, 1.82) is 0 Å². The second-order valence-corrected chi connectivity index (χ2v) is 4.62. The molecule has 0 saturated heterocycles. The van der Waals surface area contributed by atoms with Crippen molar-refractivity contribution in [1.82, 2.24) is 4.98 Å². The summed E-state index contributed by atoms with van der Waals surface area (Å²) in [7, 11) is 0. The highest BCUT2D eigenvalue weighted by molar-refractivity contribution is 6.36. The van der Waals surface area contributed by atoms with Crippen LogP contribution < -0.4 is 15.8 Å². The molecule has 0 spiro atoms. The first kappa shape index (κ1) is 13.9. The Hall–Kier alpha value is -1.49. The third kappa shape index (κ3) is 3.99. The van der Waals surface area contributed by atoms with E-state index in [1.165, 1.54) is 6.20 Å². The molecule has 0 amide bonds. The zero-order valence-corrected chi connectivity index (χ0v) is 11.6. The second kappa shape index (κ2) is 6.61. The summed E-state index contributed by atoms with van der Waals surface area (Å²) < 4.78 is 5.44. The Labute approximate surface area is 121 Å². The van der Waals surface area contributed by atoms with Gasteiger partial charge in [-0.3, -0.25) is 0 Å². The average Bonchev–Trinajstić information content (AvgIpc) is 2.40. The summed E-state index contributed by atoms with van der Waals surface area (Å²) in [5, 5.41) is 4.06. The number of hydrogen-bond acceptors (Lipinski definition) is 4. The molecule has 2 rings (SSSR count). The van der Waals surface area contributed by atoms with E-state index in [0.717, 1.165) is 11.4 Å². The lowest BCUT2D eigenvalue weighted by atomic mass is 10.3. The molecule has 0 saturated carbocycles. The van der Waals surface area contributed by atoms with E-state index in [1.807, 2.05) is 24.3 Å². The van der Waals surface area contributed by atoms with Gasteiger partial charge in [-0.05, 0) is 18.2 Å². The molecule has 1 heterocycles. The molecule has 0 unspecified atom stereocenters. The van der Waals surface area contributed by atoms with Gasteiger partial charge in [0.2, 0.25) is 0 Å². The lowest BCUT2D eigenvalue weighted by Gasteiger charge is -2.10. The molecule has 0 bridgehead atoms. The molecule has 4 nitrogen and oxygen atoms in total. The van der Waals surface area contributed by atoms with E-state index in [4.69, 9.17) is 33.7 Å². The van der Waals surface area contributed by atoms with Crippen LogP contribution in [0.25, 0.3) is 0 Å². The molecule has 3 N–H and O–H groups in total. The summed E-state index contributed by atoms with van der Waals surface area (Å²) in [5.74, 6) is 1.28. The number of aromatic nitrogens is 1. The number of halogens is 2. The predicted molar refractivity (Wildman–Crippen MR) is 78.5 cm³/mol. The fourth-order valence-corrected chi connectivity index (χ4v) is 1.91. The van der Waals surface area contributed by atoms with Crippen LogP contribution in [0.1, 0.15) is 0 Å². The molecule has 6 heteroatoms. The maximum absolute atomic E-state index is 6.05. The first-order chi connectivity index (χ1) is 9.19. The lowest BCUT2D eigenvalue weighted by Crippen LogP contribution is -2.10. The van der Waals surface area contributed by atoms with Crippen LogP contribution >= 0.6 is 23.2 Å². The van der Waals surface area contributed by atoms with Crippen LogP contribution in [0.3, 0.4) is 0 Å². The van der Waals surface area contributed by atoms with Crippen molar-refractivity contribution in [2.75, 3.05) is 18.5 Å². The van der Waals surface area contributed by atoms with Crippen molar-refractivity contribution < 1.29 is 4.74 Å². The zero-order chi connectivity index (χ0) is 13.7. The highest BCUT2D eigenvalue weighted by Crippen LogP contribution is 2.27. The van der Waals surface area contributed by atoms with Crippen LogP contribution in [0, 0.1) is 0 Å². The molecule has 0 aliphatic carbocycles. The van der Waals surface area contributed by atoms with Crippen molar-refractivity contribution in [3.8, 4) is 5.75 Å². The summed E-state index contributed by atoms with van der Waals surface area (Å²) in [4.78, 5) is 4.13. The molecule has 1 aromatic heterocycles. The Kier molecular flexibility index (Phi) is 4.85. The zero-order valence-electron chi connectivity index (χ0n) is 10.1. The minimum atomic E-state index is 0.459. The second-order valence-electron chi connectivity index (χ2n) is 3.77. The third-order valence-electron chi connectivity index (χ3n) is 2.29. The van der Waals surface area contributed by atoms with Gasteiger partial charge in [0.05, 0.1) is 10.0 Å². The third-order valence-corrected chi connectivity index (χ3v) is 2.79. The molecule has 19 heavy (non-hydrogen) atoms. The molecule has 1 aromatic carbocycles. The molecule has 100 valence electrons. The number of nitrogens with one attached hydrogen (secondary N) is 1. The summed E-state index contributed by atoms with van der Waals surface area (Å²) in [6, 6.07) is 9.10. The van der Waals surface area contributed by atoms with Crippen LogP contribution in [0.5, 0.6) is 5.75 Å². The van der Waals surface area contributed by atoms with Gasteiger partial charge in [-0.15, -0.1) is 0 Å². The van der Waals surface area contributed by atoms with Crippen LogP contribution in [0.2, 0.25) is 10.0 Å². The van der Waals surface area contributed by atoms with Gasteiger partial charge in [-0.25, -0.2) is 4.98 Å². The van der Waals surface area contributed by atoms with Crippen molar-refractivity contribution in [2.24, 2.45) is 5.73 Å². The maximum atomic E-state index is 6.05. The Morgan fingerprint density at radius 3 is 2.84 bits per heavy atom. The molecule has 0 atom stereocenters. The monoisotopic (exact) mass is 297 g/mol. The van der Waals surface area contributed by atoms with Crippen LogP contribution in [0.4, 0.5) is 11.5 Å². The van der Waals surface area contributed by atoms with Gasteiger partial charge in [-0.2, -0.15) is 0 Å². The van der Waals surface area contributed by atoms with Gasteiger partial charge in [0.15, 0.2) is 0 Å². The number of rotatable bonds is 5. The lowest BCUT2D eigenvalue weighted by molar-refractivity contribution is 0.328. The highest BCUT2D eigenvalue weighted by Gasteiger charge is 2.04. The highest BCUT2D eigenvalue weighted by atomic mass is 35.5. The van der Waals surface area contributed by atoms with E-state index in [-0.39, 0.29) is 0 Å². The molecular formula is C13H13Cl2N3O. The van der Waals surface area contributed by atoms with Crippen molar-refractivity contribution >= 4 is 34.7 Å². The number of pyridine rings is 1. The Morgan fingerprint density at radius 1 is 1.26 bits per heavy atom. The molecule has 0 aliphatic heterocycles. The van der Waals surface area contributed by atoms with Gasteiger partial charge >= 0.3 is 0 Å². The summed E-state index contributed by atoms with van der Waals surface area (Å²) in [6.07, 6.45) is 1.53. The van der Waals surface area contributed by atoms with E-state index in [0.29, 0.717) is 29.0 Å². The first-order valence-corrected chi connectivity index (χ1v) is 6.45. The van der Waals surface area contributed by atoms with Crippen molar-refractivity contribution in [2.45, 2.75) is 0 Å². The molecule has 2 aromatic rings. The fraction of sp³-hybridized carbons (Fsp3) is 0.154. The van der Waals surface area contributed by atoms with Crippen LogP contribution in [0.15, 0.2) is 36.5 Å². The quantitative estimate of drug-likeness (QED) is 0.887. The van der Waals surface area contributed by atoms with Crippen molar-refractivity contribution in [3.63, 3.8) is 0 Å². The normalized spacial score (nSPS) is 10.3. The number of hydrogen-bond donors (Lipinski definition) is 2. The number of anilines is 2. The summed E-state index contributed by atoms with van der Waals surface area (Å²) >= 11 is 11.8. The summed E-state index contributed by atoms with van der Waals surface area (Å²) in [6.45, 7) is 0.950. The van der Waals surface area contributed by atoms with Gasteiger partial charge in [0, 0.05) is 24.5 Å². The molecule has 0 fully saturated rings. The van der Waals surface area contributed by atoms with E-state index < -0.39 is 0 Å². The minimum Gasteiger partial charge on any atom is -0.492 e. The molecular weight excluding hydrogens is 285 g/mol. The minimum absolute atomic E-state index is 0.459. The number of benzene rings is 1. The SMILES string of the molecule is NCCOc1cccc(Nc2ncc(Cl)cc2Cl)c1. The van der Waals surface area contributed by atoms with Gasteiger partial charge < -0.3 is 15.8 Å². The Balaban J connectivity index is 2.14. The van der Waals surface area contributed by atoms with E-state index >= 15 is 0 Å². The first-order valence-electron chi connectivity index (χ1n) is 5.70. The topological polar surface area (TPSA) is 60.2 Å². The Bertz CT molecular complexity index is 563. The smallest absolute Gasteiger partial charge is 0.149 e. The summed E-state index contributed by atoms with van der Waals surface area (Å²) in [5.41, 5.74) is 6.22. The van der Waals surface area contributed by atoms with E-state index in [2.05, 4.69) is 10.3 Å². The van der Waals surface area contributed by atoms with Gasteiger partial charge in [0.1, 0.15) is 18.2 Å². The average molecular weight is 298 g/mol. The molecule has 0 radical (unpaired) electrons. The van der Waals surface area contributed by atoms with Crippen molar-refractivity contribution in [3.05, 3.63) is 46.6 Å². The van der Waals surface area contributed by atoms with Crippen LogP contribution in [-0.4, -0.2) is 18.1 Å². The van der Waals surface area contributed by atoms with Gasteiger partial charge in [-0.1, -0.05) is 29.3 Å². The van der Waals surface area contributed by atoms with E-state index in [1.54, 1.807) is 6.07 Å². The predicted octanol–water partition coefficient (Wildman–Crippen LogP) is 3.47. The molecule has 0 aliphatic rings. The standard InChI is InChI=1S/C13H13Cl2N3O/c14-9-6-12(15)13(17-8-9)18-10-2-1-3-11(7-10)19-5-4-16/h1-3,6-8H,4-5,16H2,(H,17,18). The number of ether oxygens (including phenoxy) is 1. The largest absolute Gasteiger partial charge is 0.492 e. The maximum Gasteiger partial charge on any atom is 0.149 e. The van der Waals surface area contributed by atoms with Gasteiger partial charge in [0.25, 0.3) is 0 Å². The van der Waals surface area contributed by atoms with Crippen LogP contribution in [-0.2, 0) is 0 Å². The Morgan fingerprint density at radius 2 is 2.11 bits per heavy atom. The number of nitrogens with two attached hydrogens (primary N) is 1. The van der Waals surface area contributed by atoms with E-state index in [9.17, 15) is 0 Å². The number of nitrogens with zero attached hydrogens (tertiary/aromatic N) is 1.